The van der Waals surface area contributed by atoms with E-state index in [0.29, 0.717) is 64.8 Å². The van der Waals surface area contributed by atoms with E-state index in [4.69, 9.17) is 22.7 Å². The number of Topliss-reactive ketones (excluding diaryl/α,β-unsaturated/α-hetero) is 2. The van der Waals surface area contributed by atoms with Crippen LogP contribution in [0.3, 0.4) is 0 Å². The van der Waals surface area contributed by atoms with Crippen molar-refractivity contribution < 1.29 is 33.8 Å². The van der Waals surface area contributed by atoms with Crippen LogP contribution in [0.15, 0.2) is 84.6 Å². The second-order valence-electron chi connectivity index (χ2n) is 12.2. The van der Waals surface area contributed by atoms with E-state index in [1.165, 1.54) is 0 Å². The van der Waals surface area contributed by atoms with Crippen LogP contribution in [0.4, 0.5) is 17.1 Å². The summed E-state index contributed by atoms with van der Waals surface area (Å²) in [7, 11) is 0. The molecule has 3 aromatic rings. The molecule has 8 N–H and O–H groups in total. The van der Waals surface area contributed by atoms with Crippen molar-refractivity contribution in [3.63, 3.8) is 0 Å². The van der Waals surface area contributed by atoms with Gasteiger partial charge in [-0.3, -0.25) is 19.2 Å². The van der Waals surface area contributed by atoms with Crippen LogP contribution >= 0.6 is 12.2 Å². The first kappa shape index (κ1) is 42.1. The molecule has 0 fully saturated rings. The number of ether oxygens (including phenoxy) is 1. The molecule has 1 unspecified atom stereocenters. The molecule has 0 saturated heterocycles. The number of carbonyl (C=O) groups excluding carboxylic acids is 4. The Labute approximate surface area is 319 Å². The molecule has 15 heteroatoms. The van der Waals surface area contributed by atoms with Gasteiger partial charge in [-0.1, -0.05) is 18.7 Å². The number of ketones is 2. The zero-order valence-corrected chi connectivity index (χ0v) is 31.1. The summed E-state index contributed by atoms with van der Waals surface area (Å²) in [5.74, 6) is 0.414. The lowest BCUT2D eigenvalue weighted by atomic mass is 10.0. The van der Waals surface area contributed by atoms with Crippen LogP contribution in [0.5, 0.6) is 5.75 Å². The molecule has 3 aromatic carbocycles. The standard InChI is InChI=1S/C39H45N7O7S/c1-5-41-28-12-14-29(15-13-28)45-39(54)43-22-31(47)11-6-7-18-53-32-19-24(2)36(25(3)20-32)37(50)46-33(38(51)52)23-42-35(49)17-16-34(48)27-9-8-10-30(21-27)44-26(4)40/h8-10,12-15,19-21,33,44H,1,4,6-7,11,16-18,22-23,40H2,2-3H3,(H,42,49)(H,46,50)(H,51,52)(H2,43,45,54). The number of amides is 2. The number of carboxylic acids is 1. The third-order valence-corrected chi connectivity index (χ3v) is 8.05. The molecule has 0 aliphatic rings. The van der Waals surface area contributed by atoms with Gasteiger partial charge in [-0.05, 0) is 111 Å². The summed E-state index contributed by atoms with van der Waals surface area (Å²) >= 11 is 5.26. The highest BCUT2D eigenvalue weighted by atomic mass is 32.1. The minimum absolute atomic E-state index is 0.00281. The van der Waals surface area contributed by atoms with Crippen molar-refractivity contribution in [2.45, 2.75) is 52.0 Å². The van der Waals surface area contributed by atoms with E-state index in [1.807, 2.05) is 0 Å². The molecule has 0 saturated carbocycles. The van der Waals surface area contributed by atoms with Crippen molar-refractivity contribution >= 4 is 69.6 Å². The Morgan fingerprint density at radius 2 is 1.63 bits per heavy atom. The predicted octanol–water partition coefficient (Wildman–Crippen LogP) is 4.70. The molecule has 0 radical (unpaired) electrons. The Kier molecular flexibility index (Phi) is 16.6. The molecule has 0 heterocycles. The number of aryl methyl sites for hydroxylation is 2. The molecule has 3 rings (SSSR count). The van der Waals surface area contributed by atoms with E-state index < -0.39 is 23.8 Å². The number of carbonyl (C=O) groups is 5. The lowest BCUT2D eigenvalue weighted by molar-refractivity contribution is -0.139. The lowest BCUT2D eigenvalue weighted by Gasteiger charge is -2.18. The molecular formula is C39H45N7O7S. The van der Waals surface area contributed by atoms with Crippen molar-refractivity contribution in [1.82, 2.24) is 16.0 Å². The molecule has 0 spiro atoms. The number of nitrogens with zero attached hydrogens (tertiary/aromatic N) is 1. The number of aliphatic imine (C=N–C) groups is 1. The minimum Gasteiger partial charge on any atom is -0.494 e. The predicted molar refractivity (Wildman–Crippen MR) is 213 cm³/mol. The van der Waals surface area contributed by atoms with Crippen LogP contribution in [0.1, 0.15) is 63.9 Å². The second-order valence-corrected chi connectivity index (χ2v) is 12.6. The SMILES string of the molecule is C=C=Nc1ccc(NC(=S)NCC(=O)CCCCOc2cc(C)c(C(=O)NC(CNC(=O)CCC(=O)c3cccc(NC(=C)N)c3)C(=O)O)c(C)c2)cc1. The molecular weight excluding hydrogens is 711 g/mol. The van der Waals surface area contributed by atoms with Gasteiger partial charge in [0.1, 0.15) is 11.8 Å². The Morgan fingerprint density at radius 1 is 0.926 bits per heavy atom. The number of aliphatic carboxylic acids is 1. The zero-order valence-electron chi connectivity index (χ0n) is 30.3. The Morgan fingerprint density at radius 3 is 2.28 bits per heavy atom. The van der Waals surface area contributed by atoms with E-state index >= 15 is 0 Å². The first-order valence-corrected chi connectivity index (χ1v) is 17.4. The lowest BCUT2D eigenvalue weighted by Crippen LogP contribution is -2.48. The molecule has 0 bridgehead atoms. The smallest absolute Gasteiger partial charge is 0.328 e. The summed E-state index contributed by atoms with van der Waals surface area (Å²) < 4.78 is 5.86. The summed E-state index contributed by atoms with van der Waals surface area (Å²) in [6, 6.07) is 15.7. The van der Waals surface area contributed by atoms with E-state index in [0.717, 1.165) is 5.69 Å². The Balaban J connectivity index is 1.39. The number of unbranched alkanes of at least 4 members (excludes halogenated alkanes) is 1. The number of carboxylic acid groups (broad SMARTS) is 1. The van der Waals surface area contributed by atoms with Gasteiger partial charge in [0.25, 0.3) is 5.91 Å². The largest absolute Gasteiger partial charge is 0.494 e. The highest BCUT2D eigenvalue weighted by molar-refractivity contribution is 7.80. The summed E-state index contributed by atoms with van der Waals surface area (Å²) in [6.45, 7) is 10.5. The number of hydrogen-bond acceptors (Lipinski definition) is 10. The average Bonchev–Trinajstić information content (AvgIpc) is 3.11. The molecule has 0 aliphatic carbocycles. The summed E-state index contributed by atoms with van der Waals surface area (Å²) in [5.41, 5.74) is 9.37. The van der Waals surface area contributed by atoms with Gasteiger partial charge >= 0.3 is 5.97 Å². The quantitative estimate of drug-likeness (QED) is 0.0341. The maximum atomic E-state index is 13.2. The molecule has 284 valence electrons. The van der Waals surface area contributed by atoms with Gasteiger partial charge in [0, 0.05) is 48.3 Å². The highest BCUT2D eigenvalue weighted by Crippen LogP contribution is 2.23. The molecule has 0 aliphatic heterocycles. The first-order valence-electron chi connectivity index (χ1n) is 17.0. The van der Waals surface area contributed by atoms with E-state index in [2.05, 4.69) is 50.6 Å². The molecule has 0 aromatic heterocycles. The summed E-state index contributed by atoms with van der Waals surface area (Å²) in [5, 5.41) is 23.7. The van der Waals surface area contributed by atoms with Gasteiger partial charge in [-0.2, -0.15) is 0 Å². The minimum atomic E-state index is -1.42. The number of nitrogens with one attached hydrogen (secondary N) is 5. The van der Waals surface area contributed by atoms with Crippen LogP contribution < -0.4 is 37.1 Å². The van der Waals surface area contributed by atoms with Crippen LogP contribution in [-0.2, 0) is 14.4 Å². The van der Waals surface area contributed by atoms with Gasteiger partial charge in [0.2, 0.25) is 5.91 Å². The Bertz CT molecular complexity index is 1900. The van der Waals surface area contributed by atoms with Crippen molar-refractivity contribution in [3.8, 4) is 5.75 Å². The fourth-order valence-electron chi connectivity index (χ4n) is 5.19. The fourth-order valence-corrected chi connectivity index (χ4v) is 5.38. The number of hydrogen-bond donors (Lipinski definition) is 7. The monoisotopic (exact) mass is 755 g/mol. The molecule has 54 heavy (non-hydrogen) atoms. The van der Waals surface area contributed by atoms with Crippen molar-refractivity contribution in [3.05, 3.63) is 102 Å². The second kappa shape index (κ2) is 21.3. The van der Waals surface area contributed by atoms with E-state index in [9.17, 15) is 29.1 Å². The van der Waals surface area contributed by atoms with E-state index in [-0.39, 0.29) is 48.9 Å². The van der Waals surface area contributed by atoms with Gasteiger partial charge in [0.15, 0.2) is 16.7 Å². The van der Waals surface area contributed by atoms with Gasteiger partial charge < -0.3 is 42.2 Å². The maximum absolute atomic E-state index is 13.2. The zero-order chi connectivity index (χ0) is 39.6. The van der Waals surface area contributed by atoms with Gasteiger partial charge in [0.05, 0.1) is 24.7 Å². The Hall–Kier alpha value is -6.31. The number of nitrogens with two attached hydrogens (primary N) is 1. The third-order valence-electron chi connectivity index (χ3n) is 7.81. The molecule has 1 atom stereocenters. The van der Waals surface area contributed by atoms with Crippen molar-refractivity contribution in [2.75, 3.05) is 30.3 Å². The topological polar surface area (TPSA) is 213 Å². The molecule has 2 amide bonds. The first-order chi connectivity index (χ1) is 25.7. The van der Waals surface area contributed by atoms with Gasteiger partial charge in [-0.25, -0.2) is 9.79 Å². The normalized spacial score (nSPS) is 10.9. The average molecular weight is 756 g/mol. The highest BCUT2D eigenvalue weighted by Gasteiger charge is 2.24. The van der Waals surface area contributed by atoms with Crippen LogP contribution in [0.2, 0.25) is 0 Å². The summed E-state index contributed by atoms with van der Waals surface area (Å²) in [4.78, 5) is 66.4. The van der Waals surface area contributed by atoms with Crippen LogP contribution in [-0.4, -0.2) is 71.2 Å². The fraction of sp³-hybridized carbons (Fsp3) is 0.282. The van der Waals surface area contributed by atoms with Crippen LogP contribution in [0.25, 0.3) is 0 Å². The third kappa shape index (κ3) is 14.4. The number of benzene rings is 3. The van der Waals surface area contributed by atoms with E-state index in [1.54, 1.807) is 74.5 Å². The van der Waals surface area contributed by atoms with Crippen molar-refractivity contribution in [2.24, 2.45) is 10.7 Å². The van der Waals surface area contributed by atoms with Crippen molar-refractivity contribution in [1.29, 1.82) is 0 Å². The maximum Gasteiger partial charge on any atom is 0.328 e. The summed E-state index contributed by atoms with van der Waals surface area (Å²) in [6.07, 6.45) is 1.27. The number of rotatable bonds is 21. The molecule has 14 nitrogen and oxygen atoms in total. The number of anilines is 2. The number of thiocarbonyl (C=S) groups is 1. The van der Waals surface area contributed by atoms with Crippen LogP contribution in [0, 0.1) is 13.8 Å². The van der Waals surface area contributed by atoms with Gasteiger partial charge in [-0.15, -0.1) is 0 Å².